The summed E-state index contributed by atoms with van der Waals surface area (Å²) in [4.78, 5) is 26.9. The molecule has 8 heteroatoms. The van der Waals surface area contributed by atoms with Crippen molar-refractivity contribution in [2.45, 2.75) is 45.1 Å². The van der Waals surface area contributed by atoms with Crippen LogP contribution in [0, 0.1) is 0 Å². The Kier molecular flexibility index (Phi) is 3.74. The van der Waals surface area contributed by atoms with Gasteiger partial charge in [0.15, 0.2) is 17.4 Å². The van der Waals surface area contributed by atoms with E-state index in [9.17, 15) is 9.59 Å². The minimum Gasteiger partial charge on any atom is -0.480 e. The predicted molar refractivity (Wildman–Crippen MR) is 76.5 cm³/mol. The van der Waals surface area contributed by atoms with Crippen LogP contribution in [0.3, 0.4) is 0 Å². The van der Waals surface area contributed by atoms with Gasteiger partial charge in [-0.05, 0) is 18.9 Å². The van der Waals surface area contributed by atoms with Crippen molar-refractivity contribution in [3.8, 4) is 11.5 Å². The maximum atomic E-state index is 11.4. The number of nitrogens with one attached hydrogen (secondary N) is 1. The quantitative estimate of drug-likeness (QED) is 0.811. The van der Waals surface area contributed by atoms with Crippen molar-refractivity contribution in [3.05, 3.63) is 17.6 Å². The van der Waals surface area contributed by atoms with Crippen LogP contribution in [0.25, 0.3) is 11.5 Å². The molecule has 2 N–H and O–H groups in total. The molecule has 22 heavy (non-hydrogen) atoms. The molecule has 8 nitrogen and oxygen atoms in total. The lowest BCUT2D eigenvalue weighted by Crippen LogP contribution is -2.12. The maximum absolute atomic E-state index is 11.4. The van der Waals surface area contributed by atoms with Gasteiger partial charge in [0.25, 0.3) is 0 Å². The van der Waals surface area contributed by atoms with Gasteiger partial charge in [-0.3, -0.25) is 14.7 Å². The molecular weight excluding hydrogens is 286 g/mol. The molecule has 1 saturated carbocycles. The summed E-state index contributed by atoms with van der Waals surface area (Å²) >= 11 is 0. The highest BCUT2D eigenvalue weighted by Crippen LogP contribution is 2.33. The summed E-state index contributed by atoms with van der Waals surface area (Å²) in [6.07, 6.45) is 4.33. The normalized spacial score (nSPS) is 15.3. The number of carboxylic acids is 1. The van der Waals surface area contributed by atoms with Gasteiger partial charge >= 0.3 is 5.97 Å². The highest BCUT2D eigenvalue weighted by molar-refractivity contribution is 5.92. The van der Waals surface area contributed by atoms with Crippen molar-refractivity contribution >= 4 is 11.8 Å². The fourth-order valence-corrected chi connectivity index (χ4v) is 2.76. The fraction of sp³-hybridized carbons (Fsp3) is 0.500. The summed E-state index contributed by atoms with van der Waals surface area (Å²) in [6.45, 7) is 1.15. The van der Waals surface area contributed by atoms with Crippen molar-refractivity contribution < 1.29 is 14.7 Å². The summed E-state index contributed by atoms with van der Waals surface area (Å²) in [7, 11) is 0. The van der Waals surface area contributed by atoms with Crippen molar-refractivity contribution in [1.82, 2.24) is 25.0 Å². The molecule has 2 aromatic heterocycles. The van der Waals surface area contributed by atoms with E-state index >= 15 is 0 Å². The first kappa shape index (κ1) is 14.4. The number of ketones is 1. The smallest absolute Gasteiger partial charge is 0.325 e. The third-order valence-electron chi connectivity index (χ3n) is 3.88. The number of H-pyrrole nitrogens is 1. The number of carbonyl (C=O) groups excluding carboxylic acids is 1. The van der Waals surface area contributed by atoms with Crippen LogP contribution in [0.15, 0.2) is 6.07 Å². The maximum Gasteiger partial charge on any atom is 0.325 e. The third-order valence-corrected chi connectivity index (χ3v) is 3.88. The van der Waals surface area contributed by atoms with Crippen LogP contribution in [0.2, 0.25) is 0 Å². The number of carbonyl (C=O) groups is 2. The third kappa shape index (κ3) is 2.76. The fourth-order valence-electron chi connectivity index (χ4n) is 2.76. The molecule has 0 unspecified atom stereocenters. The number of aliphatic carboxylic acids is 1. The van der Waals surface area contributed by atoms with E-state index in [0.29, 0.717) is 23.0 Å². The number of Topliss-reactive ketones (excluding diaryl/α,β-unsaturated/α-hetero) is 1. The Balaban J connectivity index is 1.99. The second kappa shape index (κ2) is 5.70. The Morgan fingerprint density at radius 3 is 2.73 bits per heavy atom. The summed E-state index contributed by atoms with van der Waals surface area (Å²) < 4.78 is 1.34. The molecule has 0 aliphatic heterocycles. The van der Waals surface area contributed by atoms with E-state index in [4.69, 9.17) is 5.11 Å². The lowest BCUT2D eigenvalue weighted by molar-refractivity contribution is -0.137. The Bertz CT molecular complexity index is 712. The van der Waals surface area contributed by atoms with Crippen LogP contribution in [0.4, 0.5) is 0 Å². The number of hydrogen-bond donors (Lipinski definition) is 2. The monoisotopic (exact) mass is 303 g/mol. The minimum atomic E-state index is -0.994. The Labute approximate surface area is 126 Å². The van der Waals surface area contributed by atoms with Crippen LogP contribution in [0.5, 0.6) is 0 Å². The molecule has 0 atom stereocenters. The van der Waals surface area contributed by atoms with Gasteiger partial charge in [0.05, 0.1) is 0 Å². The Morgan fingerprint density at radius 1 is 1.41 bits per heavy atom. The number of rotatable bonds is 5. The number of hydrogen-bond acceptors (Lipinski definition) is 5. The predicted octanol–water partition coefficient (Wildman–Crippen LogP) is 1.61. The van der Waals surface area contributed by atoms with Crippen molar-refractivity contribution in [1.29, 1.82) is 0 Å². The molecule has 116 valence electrons. The lowest BCUT2D eigenvalue weighted by Gasteiger charge is -2.01. The van der Waals surface area contributed by atoms with Crippen LogP contribution in [-0.2, 0) is 11.3 Å². The topological polar surface area (TPSA) is 114 Å². The number of aromatic nitrogens is 5. The standard InChI is InChI=1S/C14H17N5O3/c1-8(20)10-6-11(17-16-10)14-15-13(9-4-2-3-5-9)18-19(14)7-12(21)22/h6,9H,2-5,7H2,1H3,(H,16,17)(H,21,22). The van der Waals surface area contributed by atoms with E-state index in [1.165, 1.54) is 11.6 Å². The molecule has 3 rings (SSSR count). The summed E-state index contributed by atoms with van der Waals surface area (Å²) in [5.74, 6) is 0.194. The van der Waals surface area contributed by atoms with E-state index in [2.05, 4.69) is 20.3 Å². The SMILES string of the molecule is CC(=O)c1cc(-c2nc(C3CCCC3)nn2CC(=O)O)n[nH]1. The van der Waals surface area contributed by atoms with Gasteiger partial charge in [-0.2, -0.15) is 10.2 Å². The van der Waals surface area contributed by atoms with Crippen molar-refractivity contribution in [2.75, 3.05) is 0 Å². The van der Waals surface area contributed by atoms with Crippen LogP contribution in [0.1, 0.15) is 54.8 Å². The average molecular weight is 303 g/mol. The first-order valence-corrected chi connectivity index (χ1v) is 7.28. The lowest BCUT2D eigenvalue weighted by atomic mass is 10.1. The zero-order valence-electron chi connectivity index (χ0n) is 12.2. The number of carboxylic acid groups (broad SMARTS) is 1. The second-order valence-corrected chi connectivity index (χ2v) is 5.55. The van der Waals surface area contributed by atoms with E-state index in [1.54, 1.807) is 6.07 Å². The molecule has 0 amide bonds. The molecule has 0 radical (unpaired) electrons. The largest absolute Gasteiger partial charge is 0.480 e. The molecule has 1 aliphatic carbocycles. The molecular formula is C14H17N5O3. The van der Waals surface area contributed by atoms with Crippen molar-refractivity contribution in [3.63, 3.8) is 0 Å². The Morgan fingerprint density at radius 2 is 2.14 bits per heavy atom. The highest BCUT2D eigenvalue weighted by Gasteiger charge is 2.25. The molecule has 0 aromatic carbocycles. The first-order chi connectivity index (χ1) is 10.5. The van der Waals surface area contributed by atoms with Gasteiger partial charge in [-0.1, -0.05) is 12.8 Å². The van der Waals surface area contributed by atoms with E-state index in [-0.39, 0.29) is 18.2 Å². The van der Waals surface area contributed by atoms with Gasteiger partial charge in [-0.15, -0.1) is 0 Å². The number of aromatic amines is 1. The van der Waals surface area contributed by atoms with Gasteiger partial charge in [0, 0.05) is 12.8 Å². The molecule has 1 aliphatic rings. The number of nitrogens with zero attached hydrogens (tertiary/aromatic N) is 4. The summed E-state index contributed by atoms with van der Waals surface area (Å²) in [5.41, 5.74) is 0.797. The summed E-state index contributed by atoms with van der Waals surface area (Å²) in [6, 6.07) is 1.57. The second-order valence-electron chi connectivity index (χ2n) is 5.55. The highest BCUT2D eigenvalue weighted by atomic mass is 16.4. The van der Waals surface area contributed by atoms with Gasteiger partial charge in [0.2, 0.25) is 0 Å². The minimum absolute atomic E-state index is 0.140. The zero-order valence-corrected chi connectivity index (χ0v) is 12.2. The van der Waals surface area contributed by atoms with Crippen LogP contribution < -0.4 is 0 Å². The first-order valence-electron chi connectivity index (χ1n) is 7.28. The molecule has 1 fully saturated rings. The van der Waals surface area contributed by atoms with Crippen LogP contribution in [-0.4, -0.2) is 41.8 Å². The Hall–Kier alpha value is -2.51. The summed E-state index contributed by atoms with van der Waals surface area (Å²) in [5, 5.41) is 20.1. The molecule has 0 bridgehead atoms. The van der Waals surface area contributed by atoms with Crippen molar-refractivity contribution in [2.24, 2.45) is 0 Å². The molecule has 0 spiro atoms. The van der Waals surface area contributed by atoms with Gasteiger partial charge in [-0.25, -0.2) is 9.67 Å². The van der Waals surface area contributed by atoms with E-state index in [1.807, 2.05) is 0 Å². The zero-order chi connectivity index (χ0) is 15.7. The van der Waals surface area contributed by atoms with E-state index < -0.39 is 5.97 Å². The van der Waals surface area contributed by atoms with Crippen LogP contribution >= 0.6 is 0 Å². The average Bonchev–Trinajstić information content (AvgIpc) is 3.18. The molecule has 2 aromatic rings. The molecule has 0 saturated heterocycles. The molecule has 2 heterocycles. The van der Waals surface area contributed by atoms with Gasteiger partial charge in [0.1, 0.15) is 17.9 Å². The van der Waals surface area contributed by atoms with E-state index in [0.717, 1.165) is 25.7 Å². The van der Waals surface area contributed by atoms with Gasteiger partial charge < -0.3 is 5.11 Å².